The lowest BCUT2D eigenvalue weighted by molar-refractivity contribution is 0.0235. The molecule has 0 spiro atoms. The molecule has 3 aromatic heterocycles. The average molecular weight is 438 g/mol. The number of hydrogen-bond acceptors (Lipinski definition) is 9. The van der Waals surface area contributed by atoms with Crippen molar-refractivity contribution in [3.63, 3.8) is 0 Å². The summed E-state index contributed by atoms with van der Waals surface area (Å²) in [6, 6.07) is 5.35. The predicted molar refractivity (Wildman–Crippen MR) is 120 cm³/mol. The van der Waals surface area contributed by atoms with Crippen LogP contribution in [0.5, 0.6) is 5.88 Å². The first-order chi connectivity index (χ1) is 15.2. The number of methoxy groups -OCH3 is 2. The quantitative estimate of drug-likeness (QED) is 0.560. The summed E-state index contributed by atoms with van der Waals surface area (Å²) < 4.78 is 16.1. The zero-order chi connectivity index (χ0) is 23.0. The van der Waals surface area contributed by atoms with E-state index in [9.17, 15) is 4.79 Å². The van der Waals surface area contributed by atoms with Crippen LogP contribution in [-0.2, 0) is 15.0 Å². The summed E-state index contributed by atoms with van der Waals surface area (Å²) in [5, 5.41) is 4.83. The highest BCUT2D eigenvalue weighted by Gasteiger charge is 2.31. The van der Waals surface area contributed by atoms with Gasteiger partial charge in [0, 0.05) is 31.0 Å². The van der Waals surface area contributed by atoms with Gasteiger partial charge in [-0.2, -0.15) is 0 Å². The topological polar surface area (TPSA) is 121 Å². The van der Waals surface area contributed by atoms with Crippen molar-refractivity contribution in [2.75, 3.05) is 26.1 Å². The first-order valence-corrected chi connectivity index (χ1v) is 10.3. The lowest BCUT2D eigenvalue weighted by Gasteiger charge is -2.27. The maximum Gasteiger partial charge on any atom is 0.340 e. The van der Waals surface area contributed by atoms with Gasteiger partial charge in [0.05, 0.1) is 35.9 Å². The second-order valence-corrected chi connectivity index (χ2v) is 8.30. The third-order valence-electron chi connectivity index (χ3n) is 5.82. The van der Waals surface area contributed by atoms with Gasteiger partial charge in [0.1, 0.15) is 17.7 Å². The Morgan fingerprint density at radius 2 is 1.94 bits per heavy atom. The molecule has 168 valence electrons. The molecule has 0 aliphatic carbocycles. The fraction of sp³-hybridized carbons (Fsp3) is 0.391. The number of hydrogen-bond donors (Lipinski definition) is 2. The van der Waals surface area contributed by atoms with Crippen LogP contribution < -0.4 is 15.8 Å². The summed E-state index contributed by atoms with van der Waals surface area (Å²) >= 11 is 0. The third-order valence-corrected chi connectivity index (χ3v) is 5.82. The molecule has 4 heterocycles. The molecule has 0 radical (unpaired) electrons. The summed E-state index contributed by atoms with van der Waals surface area (Å²) in [7, 11) is 3.17. The van der Waals surface area contributed by atoms with E-state index in [2.05, 4.69) is 20.3 Å². The minimum atomic E-state index is -0.763. The van der Waals surface area contributed by atoms with Gasteiger partial charge in [-0.3, -0.25) is 0 Å². The van der Waals surface area contributed by atoms with Gasteiger partial charge in [0.25, 0.3) is 0 Å². The van der Waals surface area contributed by atoms with Crippen LogP contribution in [0.2, 0.25) is 0 Å². The molecule has 3 aromatic rings. The Kier molecular flexibility index (Phi) is 5.70. The minimum Gasteiger partial charge on any atom is -0.481 e. The Morgan fingerprint density at radius 1 is 1.16 bits per heavy atom. The van der Waals surface area contributed by atoms with Crippen molar-refractivity contribution in [2.24, 2.45) is 5.73 Å². The number of carbonyl (C=O) groups is 1. The molecule has 4 rings (SSSR count). The van der Waals surface area contributed by atoms with Gasteiger partial charge in [-0.25, -0.2) is 19.7 Å². The van der Waals surface area contributed by atoms with Crippen molar-refractivity contribution in [1.82, 2.24) is 15.0 Å². The lowest BCUT2D eigenvalue weighted by Crippen LogP contribution is -2.38. The SMILES string of the molecule is COCC(C)(N)c1cnc(OC)c2cnc(Nc3ccc4c(n3)[C@@H](C)[C@@H](C)OC4=O)cc12. The van der Waals surface area contributed by atoms with Gasteiger partial charge in [-0.05, 0) is 37.4 Å². The molecule has 3 atom stereocenters. The second kappa shape index (κ2) is 8.33. The van der Waals surface area contributed by atoms with E-state index < -0.39 is 5.54 Å². The van der Waals surface area contributed by atoms with Crippen molar-refractivity contribution in [2.45, 2.75) is 38.3 Å². The van der Waals surface area contributed by atoms with Crippen LogP contribution in [0.3, 0.4) is 0 Å². The van der Waals surface area contributed by atoms with Crippen molar-refractivity contribution in [3.05, 3.63) is 47.4 Å². The van der Waals surface area contributed by atoms with E-state index in [-0.39, 0.29) is 18.0 Å². The number of nitrogens with zero attached hydrogens (tertiary/aromatic N) is 3. The van der Waals surface area contributed by atoms with Crippen LogP contribution in [-0.4, -0.2) is 47.9 Å². The Hall–Kier alpha value is -3.30. The highest BCUT2D eigenvalue weighted by atomic mass is 16.5. The number of nitrogens with one attached hydrogen (secondary N) is 1. The first kappa shape index (κ1) is 21.9. The Labute approximate surface area is 186 Å². The molecule has 0 fully saturated rings. The second-order valence-electron chi connectivity index (χ2n) is 8.30. The van der Waals surface area contributed by atoms with Crippen LogP contribution in [0, 0.1) is 0 Å². The number of fused-ring (bicyclic) bond motifs is 2. The molecular weight excluding hydrogens is 410 g/mol. The average Bonchev–Trinajstić information content (AvgIpc) is 2.76. The lowest BCUT2D eigenvalue weighted by atomic mass is 9.91. The number of anilines is 2. The zero-order valence-corrected chi connectivity index (χ0v) is 18.8. The van der Waals surface area contributed by atoms with Gasteiger partial charge in [0.2, 0.25) is 5.88 Å². The van der Waals surface area contributed by atoms with Crippen molar-refractivity contribution in [3.8, 4) is 5.88 Å². The van der Waals surface area contributed by atoms with E-state index in [0.717, 1.165) is 16.3 Å². The van der Waals surface area contributed by atoms with Gasteiger partial charge in [-0.1, -0.05) is 6.92 Å². The number of esters is 1. The Morgan fingerprint density at radius 3 is 2.66 bits per heavy atom. The molecule has 0 saturated carbocycles. The molecule has 0 bridgehead atoms. The van der Waals surface area contributed by atoms with E-state index in [4.69, 9.17) is 19.9 Å². The summed E-state index contributed by atoms with van der Waals surface area (Å²) in [4.78, 5) is 25.7. The van der Waals surface area contributed by atoms with Crippen molar-refractivity contribution < 1.29 is 19.0 Å². The Balaban J connectivity index is 1.75. The first-order valence-electron chi connectivity index (χ1n) is 10.3. The van der Waals surface area contributed by atoms with E-state index in [1.54, 1.807) is 38.7 Å². The number of nitrogens with two attached hydrogens (primary N) is 1. The zero-order valence-electron chi connectivity index (χ0n) is 18.8. The molecule has 0 saturated heterocycles. The van der Waals surface area contributed by atoms with Crippen molar-refractivity contribution in [1.29, 1.82) is 0 Å². The largest absolute Gasteiger partial charge is 0.481 e. The fourth-order valence-electron chi connectivity index (χ4n) is 3.93. The standard InChI is InChI=1S/C23H27N5O4/c1-12-13(2)32-22(29)14-6-7-18(28-20(12)14)27-19-8-15-16(9-25-19)21(31-5)26-10-17(15)23(3,24)11-30-4/h6-10,12-13H,11,24H2,1-5H3,(H,25,27,28)/t12-,13+,23?/m0/s1. The van der Waals surface area contributed by atoms with Gasteiger partial charge in [-0.15, -0.1) is 0 Å². The summed E-state index contributed by atoms with van der Waals surface area (Å²) in [6.07, 6.45) is 3.16. The molecule has 1 aliphatic rings. The van der Waals surface area contributed by atoms with E-state index in [1.165, 1.54) is 0 Å². The molecule has 1 aliphatic heterocycles. The van der Waals surface area contributed by atoms with Crippen LogP contribution in [0.15, 0.2) is 30.6 Å². The van der Waals surface area contributed by atoms with Crippen LogP contribution in [0.25, 0.3) is 10.8 Å². The van der Waals surface area contributed by atoms with Crippen LogP contribution >= 0.6 is 0 Å². The molecule has 3 N–H and O–H groups in total. The maximum atomic E-state index is 12.2. The van der Waals surface area contributed by atoms with E-state index >= 15 is 0 Å². The van der Waals surface area contributed by atoms with Crippen LogP contribution in [0.1, 0.15) is 48.3 Å². The predicted octanol–water partition coefficient (Wildman–Crippen LogP) is 3.26. The third kappa shape index (κ3) is 3.85. The fourth-order valence-corrected chi connectivity index (χ4v) is 3.93. The molecule has 0 amide bonds. The molecule has 9 nitrogen and oxygen atoms in total. The number of ether oxygens (including phenoxy) is 3. The summed E-state index contributed by atoms with van der Waals surface area (Å²) in [5.74, 6) is 1.26. The number of cyclic esters (lactones) is 1. The molecule has 32 heavy (non-hydrogen) atoms. The number of rotatable bonds is 6. The Bertz CT molecular complexity index is 1180. The normalized spacial score (nSPS) is 19.8. The highest BCUT2D eigenvalue weighted by Crippen LogP contribution is 2.34. The van der Waals surface area contributed by atoms with Gasteiger partial charge < -0.3 is 25.3 Å². The van der Waals surface area contributed by atoms with Gasteiger partial charge >= 0.3 is 5.97 Å². The number of pyridine rings is 3. The summed E-state index contributed by atoms with van der Waals surface area (Å²) in [5.41, 5.74) is 7.77. The number of aromatic nitrogens is 3. The number of carbonyl (C=O) groups excluding carboxylic acids is 1. The van der Waals surface area contributed by atoms with Crippen molar-refractivity contribution >= 4 is 28.4 Å². The maximum absolute atomic E-state index is 12.2. The molecular formula is C23H27N5O4. The highest BCUT2D eigenvalue weighted by molar-refractivity contribution is 5.93. The molecule has 0 aromatic carbocycles. The smallest absolute Gasteiger partial charge is 0.340 e. The summed E-state index contributed by atoms with van der Waals surface area (Å²) in [6.45, 7) is 6.06. The monoisotopic (exact) mass is 437 g/mol. The molecule has 9 heteroatoms. The minimum absolute atomic E-state index is 0.0112. The van der Waals surface area contributed by atoms with E-state index in [1.807, 2.05) is 26.8 Å². The van der Waals surface area contributed by atoms with Gasteiger partial charge in [0.15, 0.2) is 0 Å². The molecule has 1 unspecified atom stereocenters. The van der Waals surface area contributed by atoms with E-state index in [0.29, 0.717) is 35.4 Å². The van der Waals surface area contributed by atoms with Crippen LogP contribution in [0.4, 0.5) is 11.6 Å².